The van der Waals surface area contributed by atoms with Crippen LogP contribution in [0, 0.1) is 0 Å². The molecule has 0 bridgehead atoms. The number of aromatic nitrogens is 1. The minimum absolute atomic E-state index is 0.146. The summed E-state index contributed by atoms with van der Waals surface area (Å²) in [5, 5.41) is 2.95. The fraction of sp³-hybridized carbons (Fsp3) is 0.450. The Labute approximate surface area is 177 Å². The number of aldehydes is 2. The number of likely N-dealkylation sites (N-methyl/N-ethyl adjacent to an activating group) is 2. The van der Waals surface area contributed by atoms with E-state index in [-0.39, 0.29) is 23.9 Å². The zero-order valence-corrected chi connectivity index (χ0v) is 17.7. The van der Waals surface area contributed by atoms with Crippen molar-refractivity contribution < 1.29 is 31.9 Å². The van der Waals surface area contributed by atoms with E-state index < -0.39 is 24.8 Å². The van der Waals surface area contributed by atoms with Crippen LogP contribution in [0.25, 0.3) is 0 Å². The van der Waals surface area contributed by atoms with E-state index in [0.717, 1.165) is 0 Å². The van der Waals surface area contributed by atoms with E-state index in [1.54, 1.807) is 14.1 Å². The number of hydrogen-bond acceptors (Lipinski definition) is 7. The molecule has 0 fully saturated rings. The Bertz CT molecular complexity index is 817. The number of nitrogens with zero attached hydrogens (tertiary/aromatic N) is 2. The van der Waals surface area contributed by atoms with Crippen LogP contribution in [-0.4, -0.2) is 61.5 Å². The van der Waals surface area contributed by atoms with Crippen molar-refractivity contribution in [2.24, 2.45) is 5.73 Å². The lowest BCUT2D eigenvalue weighted by Crippen LogP contribution is -2.35. The Hall–Kier alpha value is -2.95. The number of nitrogens with two attached hydrogens (primary N) is 1. The third-order valence-electron chi connectivity index (χ3n) is 4.67. The molecule has 0 spiro atoms. The van der Waals surface area contributed by atoms with E-state index in [1.165, 1.54) is 25.3 Å². The number of allylic oxidation sites excluding steroid dienone is 2. The second kappa shape index (κ2) is 11.4. The molecule has 1 heterocycles. The molecule has 3 N–H and O–H groups in total. The zero-order valence-electron chi connectivity index (χ0n) is 17.7. The third-order valence-corrected chi connectivity index (χ3v) is 4.67. The van der Waals surface area contributed by atoms with E-state index >= 15 is 0 Å². The summed E-state index contributed by atoms with van der Waals surface area (Å²) in [5.41, 5.74) is 7.39. The number of nitrogens with one attached hydrogen (secondary N) is 1. The van der Waals surface area contributed by atoms with Crippen molar-refractivity contribution >= 4 is 12.6 Å². The molecule has 0 aliphatic heterocycles. The summed E-state index contributed by atoms with van der Waals surface area (Å²) in [6.07, 6.45) is 0.236. The number of halogens is 4. The second-order valence-electron chi connectivity index (χ2n) is 6.84. The molecule has 0 saturated heterocycles. The Morgan fingerprint density at radius 3 is 2.52 bits per heavy atom. The lowest BCUT2D eigenvalue weighted by atomic mass is 10.1. The molecule has 11 heteroatoms. The first-order chi connectivity index (χ1) is 14.5. The fourth-order valence-corrected chi connectivity index (χ4v) is 2.59. The van der Waals surface area contributed by atoms with Gasteiger partial charge in [-0.15, -0.1) is 0 Å². The molecule has 1 atom stereocenters. The summed E-state index contributed by atoms with van der Waals surface area (Å²) in [7, 11) is 3.37. The van der Waals surface area contributed by atoms with Gasteiger partial charge in [0.2, 0.25) is 0 Å². The maximum Gasteiger partial charge on any atom is 0.340 e. The molecule has 31 heavy (non-hydrogen) atoms. The van der Waals surface area contributed by atoms with E-state index in [4.69, 9.17) is 5.73 Å². The minimum Gasteiger partial charge on any atom is -0.473 e. The Morgan fingerprint density at radius 2 is 2.00 bits per heavy atom. The molecular weight excluding hydrogens is 420 g/mol. The number of carbonyl (C=O) groups is 2. The quantitative estimate of drug-likeness (QED) is 0.221. The van der Waals surface area contributed by atoms with Gasteiger partial charge < -0.3 is 15.8 Å². The number of rotatable bonds is 12. The van der Waals surface area contributed by atoms with Crippen LogP contribution in [0.2, 0.25) is 0 Å². The minimum atomic E-state index is -4.32. The van der Waals surface area contributed by atoms with Gasteiger partial charge in [-0.05, 0) is 33.0 Å². The standard InChI is InChI=1S/C20H26F4N4O3/c1-12(18(25)31-11-20(23,24)19(21)22)7-16(26-3)13(2)28(4)8-15-14(9-29)5-6-27-17(15)10-30/h5-7,9-10,13,19,26H,8,11,25H2,1-4H3/b16-7-,18-12+. The van der Waals surface area contributed by atoms with Crippen molar-refractivity contribution in [3.05, 3.63) is 52.3 Å². The highest BCUT2D eigenvalue weighted by atomic mass is 19.3. The van der Waals surface area contributed by atoms with Gasteiger partial charge in [0.05, 0.1) is 0 Å². The van der Waals surface area contributed by atoms with Crippen molar-refractivity contribution in [2.45, 2.75) is 38.8 Å². The summed E-state index contributed by atoms with van der Waals surface area (Å²) in [6.45, 7) is 1.96. The van der Waals surface area contributed by atoms with Gasteiger partial charge in [-0.3, -0.25) is 19.5 Å². The number of carbonyl (C=O) groups excluding carboxylic acids is 2. The van der Waals surface area contributed by atoms with Gasteiger partial charge in [0.15, 0.2) is 25.1 Å². The number of ether oxygens (including phenoxy) is 1. The lowest BCUT2D eigenvalue weighted by Gasteiger charge is -2.28. The first-order valence-electron chi connectivity index (χ1n) is 9.21. The average molecular weight is 446 g/mol. The molecule has 1 aromatic rings. The predicted octanol–water partition coefficient (Wildman–Crippen LogP) is 2.74. The highest BCUT2D eigenvalue weighted by Gasteiger charge is 2.41. The van der Waals surface area contributed by atoms with Crippen LogP contribution in [0.5, 0.6) is 0 Å². The average Bonchev–Trinajstić information content (AvgIpc) is 2.74. The molecule has 172 valence electrons. The Morgan fingerprint density at radius 1 is 1.35 bits per heavy atom. The van der Waals surface area contributed by atoms with E-state index in [0.29, 0.717) is 29.4 Å². The van der Waals surface area contributed by atoms with Crippen LogP contribution in [0.3, 0.4) is 0 Å². The molecule has 0 aromatic carbocycles. The molecule has 1 rings (SSSR count). The SMILES string of the molecule is CN/C(=C\C(C)=C(/N)OCC(F)(F)C(F)F)C(C)N(C)Cc1c(C=O)ccnc1C=O. The molecule has 0 radical (unpaired) electrons. The van der Waals surface area contributed by atoms with Gasteiger partial charge in [0, 0.05) is 48.2 Å². The summed E-state index contributed by atoms with van der Waals surface area (Å²) in [5.74, 6) is -4.73. The molecule has 1 aromatic heterocycles. The largest absolute Gasteiger partial charge is 0.473 e. The van der Waals surface area contributed by atoms with Gasteiger partial charge in [-0.2, -0.15) is 8.78 Å². The molecule has 0 amide bonds. The van der Waals surface area contributed by atoms with Crippen LogP contribution < -0.4 is 11.1 Å². The predicted molar refractivity (Wildman–Crippen MR) is 107 cm³/mol. The molecule has 1 unspecified atom stereocenters. The summed E-state index contributed by atoms with van der Waals surface area (Å²) >= 11 is 0. The van der Waals surface area contributed by atoms with Crippen molar-refractivity contribution in [3.63, 3.8) is 0 Å². The Balaban J connectivity index is 3.04. The molecule has 0 saturated carbocycles. The Kier molecular flexibility index (Phi) is 9.63. The van der Waals surface area contributed by atoms with Crippen molar-refractivity contribution in [1.82, 2.24) is 15.2 Å². The van der Waals surface area contributed by atoms with Crippen LogP contribution >= 0.6 is 0 Å². The molecule has 0 aliphatic carbocycles. The van der Waals surface area contributed by atoms with Crippen molar-refractivity contribution in [1.29, 1.82) is 0 Å². The first-order valence-corrected chi connectivity index (χ1v) is 9.21. The van der Waals surface area contributed by atoms with E-state index in [1.807, 2.05) is 11.8 Å². The molecule has 7 nitrogen and oxygen atoms in total. The van der Waals surface area contributed by atoms with Crippen LogP contribution in [0.15, 0.2) is 35.5 Å². The van der Waals surface area contributed by atoms with Crippen LogP contribution in [0.4, 0.5) is 17.6 Å². The molecule has 0 aliphatic rings. The smallest absolute Gasteiger partial charge is 0.340 e. The van der Waals surface area contributed by atoms with Gasteiger partial charge in [0.1, 0.15) is 5.69 Å². The summed E-state index contributed by atoms with van der Waals surface area (Å²) in [6, 6.07) is 1.19. The lowest BCUT2D eigenvalue weighted by molar-refractivity contribution is -0.158. The van der Waals surface area contributed by atoms with Crippen molar-refractivity contribution in [3.8, 4) is 0 Å². The second-order valence-corrected chi connectivity index (χ2v) is 6.84. The van der Waals surface area contributed by atoms with Crippen LogP contribution in [-0.2, 0) is 11.3 Å². The van der Waals surface area contributed by atoms with Gasteiger partial charge >= 0.3 is 12.3 Å². The highest BCUT2D eigenvalue weighted by molar-refractivity contribution is 5.83. The van der Waals surface area contributed by atoms with Gasteiger partial charge in [0.25, 0.3) is 0 Å². The van der Waals surface area contributed by atoms with Crippen molar-refractivity contribution in [2.75, 3.05) is 20.7 Å². The molecular formula is C20H26F4N4O3. The summed E-state index contributed by atoms with van der Waals surface area (Å²) in [4.78, 5) is 28.4. The number of hydrogen-bond donors (Lipinski definition) is 2. The number of pyridine rings is 1. The fourth-order valence-electron chi connectivity index (χ4n) is 2.59. The summed E-state index contributed by atoms with van der Waals surface area (Å²) < 4.78 is 55.2. The third kappa shape index (κ3) is 7.06. The van der Waals surface area contributed by atoms with Gasteiger partial charge in [-0.1, -0.05) is 0 Å². The monoisotopic (exact) mass is 446 g/mol. The maximum atomic E-state index is 13.0. The van der Waals surface area contributed by atoms with E-state index in [9.17, 15) is 27.2 Å². The maximum absolute atomic E-state index is 13.0. The zero-order chi connectivity index (χ0) is 23.8. The van der Waals surface area contributed by atoms with Crippen LogP contribution in [0.1, 0.15) is 40.3 Å². The highest BCUT2D eigenvalue weighted by Crippen LogP contribution is 2.24. The number of alkyl halides is 4. The topological polar surface area (TPSA) is 97.6 Å². The normalized spacial score (nSPS) is 14.3. The first kappa shape index (κ1) is 26.1. The van der Waals surface area contributed by atoms with Gasteiger partial charge in [-0.25, -0.2) is 8.78 Å². The van der Waals surface area contributed by atoms with E-state index in [2.05, 4.69) is 15.0 Å².